The highest BCUT2D eigenvalue weighted by Gasteiger charge is 2.34. The number of thiophene rings is 1. The third-order valence-corrected chi connectivity index (χ3v) is 5.11. The summed E-state index contributed by atoms with van der Waals surface area (Å²) in [6, 6.07) is 6.71. The molecule has 1 amide bonds. The van der Waals surface area contributed by atoms with Crippen LogP contribution in [0.4, 0.5) is 13.2 Å². The molecule has 1 atom stereocenters. The monoisotopic (exact) mass is 351 g/mol. The molecule has 2 aromatic rings. The smallest absolute Gasteiger partial charge is 0.328 e. The van der Waals surface area contributed by atoms with Crippen LogP contribution in [0.25, 0.3) is 0 Å². The summed E-state index contributed by atoms with van der Waals surface area (Å²) in [5.41, 5.74) is 1.02. The molecule has 2 nitrogen and oxygen atoms in total. The average Bonchev–Trinajstić information content (AvgIpc) is 3.02. The quantitative estimate of drug-likeness (QED) is 0.711. The highest BCUT2D eigenvalue weighted by Crippen LogP contribution is 2.39. The first kappa shape index (κ1) is 16.8. The van der Waals surface area contributed by atoms with Crippen molar-refractivity contribution in [2.45, 2.75) is 25.6 Å². The second-order valence-corrected chi connectivity index (χ2v) is 6.60. The van der Waals surface area contributed by atoms with Gasteiger partial charge in [-0.25, -0.2) is 0 Å². The minimum absolute atomic E-state index is 0.126. The SMILES string of the molecule is CC=CC(=O)N1CCc2sccc2C1c1ccc(C(F)(F)F)cc1. The number of alkyl halides is 3. The van der Waals surface area contributed by atoms with Crippen LogP contribution >= 0.6 is 11.3 Å². The average molecular weight is 351 g/mol. The zero-order valence-electron chi connectivity index (χ0n) is 13.0. The topological polar surface area (TPSA) is 20.3 Å². The lowest BCUT2D eigenvalue weighted by Gasteiger charge is -2.35. The van der Waals surface area contributed by atoms with Gasteiger partial charge in [-0.1, -0.05) is 18.2 Å². The van der Waals surface area contributed by atoms with Gasteiger partial charge in [0.25, 0.3) is 0 Å². The number of allylic oxidation sites excluding steroid dienone is 1. The van der Waals surface area contributed by atoms with Crippen LogP contribution in [0.2, 0.25) is 0 Å². The molecule has 24 heavy (non-hydrogen) atoms. The highest BCUT2D eigenvalue weighted by atomic mass is 32.1. The summed E-state index contributed by atoms with van der Waals surface area (Å²) >= 11 is 1.62. The van der Waals surface area contributed by atoms with Gasteiger partial charge in [-0.05, 0) is 54.1 Å². The fourth-order valence-corrected chi connectivity index (χ4v) is 3.91. The molecule has 2 heterocycles. The molecule has 0 N–H and O–H groups in total. The predicted molar refractivity (Wildman–Crippen MR) is 87.8 cm³/mol. The number of nitrogens with zero attached hydrogens (tertiary/aromatic N) is 1. The number of fused-ring (bicyclic) bond motifs is 1. The minimum Gasteiger partial charge on any atom is -0.328 e. The molecule has 0 saturated heterocycles. The molecular formula is C18H16F3NOS. The molecule has 0 spiro atoms. The molecule has 1 aliphatic heterocycles. The second kappa shape index (κ2) is 6.43. The van der Waals surface area contributed by atoms with E-state index in [1.165, 1.54) is 23.1 Å². The van der Waals surface area contributed by atoms with Gasteiger partial charge in [-0.3, -0.25) is 4.79 Å². The van der Waals surface area contributed by atoms with E-state index in [2.05, 4.69) is 0 Å². The number of rotatable bonds is 2. The van der Waals surface area contributed by atoms with Crippen molar-refractivity contribution in [1.29, 1.82) is 0 Å². The third kappa shape index (κ3) is 3.11. The minimum atomic E-state index is -4.36. The zero-order chi connectivity index (χ0) is 17.3. The van der Waals surface area contributed by atoms with Crippen molar-refractivity contribution in [2.75, 3.05) is 6.54 Å². The Hall–Kier alpha value is -2.08. The molecule has 1 unspecified atom stereocenters. The van der Waals surface area contributed by atoms with Gasteiger partial charge in [0.15, 0.2) is 0 Å². The number of carbonyl (C=O) groups is 1. The number of amides is 1. The van der Waals surface area contributed by atoms with Crippen molar-refractivity contribution in [3.8, 4) is 0 Å². The summed E-state index contributed by atoms with van der Waals surface area (Å²) in [6.07, 6.45) is -0.420. The van der Waals surface area contributed by atoms with Gasteiger partial charge < -0.3 is 4.90 Å². The maximum Gasteiger partial charge on any atom is 0.416 e. The van der Waals surface area contributed by atoms with Crippen LogP contribution in [0.1, 0.15) is 34.5 Å². The Labute approximate surface area is 142 Å². The van der Waals surface area contributed by atoms with Crippen molar-refractivity contribution >= 4 is 17.2 Å². The van der Waals surface area contributed by atoms with Gasteiger partial charge in [-0.15, -0.1) is 11.3 Å². The van der Waals surface area contributed by atoms with Gasteiger partial charge in [0.05, 0.1) is 11.6 Å². The summed E-state index contributed by atoms with van der Waals surface area (Å²) in [7, 11) is 0. The van der Waals surface area contributed by atoms with Gasteiger partial charge in [0.1, 0.15) is 0 Å². The van der Waals surface area contributed by atoms with Crippen LogP contribution in [0, 0.1) is 0 Å². The van der Waals surface area contributed by atoms with Crippen molar-refractivity contribution in [1.82, 2.24) is 4.90 Å². The first-order chi connectivity index (χ1) is 11.4. The molecule has 0 aliphatic carbocycles. The number of halogens is 3. The first-order valence-electron chi connectivity index (χ1n) is 7.58. The van der Waals surface area contributed by atoms with E-state index < -0.39 is 11.7 Å². The maximum atomic E-state index is 12.8. The van der Waals surface area contributed by atoms with E-state index in [0.29, 0.717) is 12.1 Å². The zero-order valence-corrected chi connectivity index (χ0v) is 13.8. The van der Waals surface area contributed by atoms with Crippen molar-refractivity contribution in [3.63, 3.8) is 0 Å². The highest BCUT2D eigenvalue weighted by molar-refractivity contribution is 7.10. The van der Waals surface area contributed by atoms with Gasteiger partial charge >= 0.3 is 6.18 Å². The summed E-state index contributed by atoms with van der Waals surface area (Å²) in [4.78, 5) is 15.3. The van der Waals surface area contributed by atoms with E-state index in [0.717, 1.165) is 24.1 Å². The van der Waals surface area contributed by atoms with E-state index in [9.17, 15) is 18.0 Å². The van der Waals surface area contributed by atoms with Crippen LogP contribution in [0.15, 0.2) is 47.9 Å². The Morgan fingerprint density at radius 1 is 1.25 bits per heavy atom. The summed E-state index contributed by atoms with van der Waals surface area (Å²) in [5, 5.41) is 1.96. The van der Waals surface area contributed by atoms with E-state index in [4.69, 9.17) is 0 Å². The lowest BCUT2D eigenvalue weighted by molar-refractivity contribution is -0.137. The van der Waals surface area contributed by atoms with Crippen molar-refractivity contribution in [3.05, 3.63) is 69.4 Å². The molecule has 0 radical (unpaired) electrons. The number of carbonyl (C=O) groups excluding carboxylic acids is 1. The van der Waals surface area contributed by atoms with E-state index in [1.54, 1.807) is 29.2 Å². The Morgan fingerprint density at radius 3 is 2.58 bits per heavy atom. The molecule has 126 valence electrons. The molecule has 1 aromatic carbocycles. The van der Waals surface area contributed by atoms with Crippen LogP contribution in [0.5, 0.6) is 0 Å². The van der Waals surface area contributed by atoms with Crippen LogP contribution < -0.4 is 0 Å². The fraction of sp³-hybridized carbons (Fsp3) is 0.278. The van der Waals surface area contributed by atoms with Crippen LogP contribution in [-0.4, -0.2) is 17.4 Å². The van der Waals surface area contributed by atoms with Crippen molar-refractivity contribution < 1.29 is 18.0 Å². The fourth-order valence-electron chi connectivity index (χ4n) is 3.01. The molecule has 1 aliphatic rings. The van der Waals surface area contributed by atoms with Crippen LogP contribution in [-0.2, 0) is 17.4 Å². The first-order valence-corrected chi connectivity index (χ1v) is 8.46. The van der Waals surface area contributed by atoms with Gasteiger partial charge in [0, 0.05) is 11.4 Å². The lowest BCUT2D eigenvalue weighted by Crippen LogP contribution is -2.39. The second-order valence-electron chi connectivity index (χ2n) is 5.60. The summed E-state index contributed by atoms with van der Waals surface area (Å²) in [5.74, 6) is -0.126. The standard InChI is InChI=1S/C18H16F3NOS/c1-2-3-16(23)22-10-8-15-14(9-11-24-15)17(22)12-4-6-13(7-5-12)18(19,20)21/h2-7,9,11,17H,8,10H2,1H3. The Balaban J connectivity index is 2.02. The van der Waals surface area contributed by atoms with Crippen LogP contribution in [0.3, 0.4) is 0 Å². The van der Waals surface area contributed by atoms with Gasteiger partial charge in [0.2, 0.25) is 5.91 Å². The van der Waals surface area contributed by atoms with E-state index in [-0.39, 0.29) is 11.9 Å². The predicted octanol–water partition coefficient (Wildman–Crippen LogP) is 4.82. The number of benzene rings is 1. The maximum absolute atomic E-state index is 12.8. The Morgan fingerprint density at radius 2 is 1.96 bits per heavy atom. The Kier molecular flexibility index (Phi) is 4.49. The lowest BCUT2D eigenvalue weighted by atomic mass is 9.92. The molecular weight excluding hydrogens is 335 g/mol. The largest absolute Gasteiger partial charge is 0.416 e. The molecule has 1 aromatic heterocycles. The van der Waals surface area contributed by atoms with E-state index in [1.807, 2.05) is 11.4 Å². The molecule has 0 fully saturated rings. The molecule has 3 rings (SSSR count). The normalized spacial score (nSPS) is 18.0. The third-order valence-electron chi connectivity index (χ3n) is 4.11. The summed E-state index contributed by atoms with van der Waals surface area (Å²) < 4.78 is 38.4. The van der Waals surface area contributed by atoms with Crippen molar-refractivity contribution in [2.24, 2.45) is 0 Å². The van der Waals surface area contributed by atoms with Gasteiger partial charge in [-0.2, -0.15) is 13.2 Å². The van der Waals surface area contributed by atoms with E-state index >= 15 is 0 Å². The molecule has 0 saturated carbocycles. The molecule has 0 bridgehead atoms. The summed E-state index contributed by atoms with van der Waals surface area (Å²) in [6.45, 7) is 2.33. The Bertz CT molecular complexity index is 761. The molecule has 6 heteroatoms. The number of hydrogen-bond donors (Lipinski definition) is 0. The number of hydrogen-bond acceptors (Lipinski definition) is 2.